The summed E-state index contributed by atoms with van der Waals surface area (Å²) in [5, 5.41) is 0. The molecular formula is C10H15F5N2O2. The van der Waals surface area contributed by atoms with E-state index in [0.717, 1.165) is 7.05 Å². The van der Waals surface area contributed by atoms with Crippen LogP contribution in [-0.4, -0.2) is 74.2 Å². The lowest BCUT2D eigenvalue weighted by atomic mass is 10.2. The average molecular weight is 290 g/mol. The van der Waals surface area contributed by atoms with E-state index >= 15 is 0 Å². The van der Waals surface area contributed by atoms with Gasteiger partial charge in [-0.15, -0.1) is 0 Å². The number of ether oxygens (including phenoxy) is 1. The SMILES string of the molecule is CN(CCN1CCOCC1)C(=O)C(F)(F)C(F)(F)F. The maximum absolute atomic E-state index is 12.8. The van der Waals surface area contributed by atoms with Gasteiger partial charge in [0.2, 0.25) is 0 Å². The molecule has 0 radical (unpaired) electrons. The van der Waals surface area contributed by atoms with Crippen molar-refractivity contribution in [2.75, 3.05) is 46.4 Å². The van der Waals surface area contributed by atoms with Crippen LogP contribution in [0.5, 0.6) is 0 Å². The third-order valence-electron chi connectivity index (χ3n) is 2.83. The fourth-order valence-corrected chi connectivity index (χ4v) is 1.58. The second-order valence-electron chi connectivity index (χ2n) is 4.25. The minimum atomic E-state index is -5.86. The fourth-order valence-electron chi connectivity index (χ4n) is 1.58. The number of carbonyl (C=O) groups excluding carboxylic acids is 1. The third kappa shape index (κ3) is 4.00. The van der Waals surface area contributed by atoms with Crippen molar-refractivity contribution in [2.24, 2.45) is 0 Å². The molecule has 0 N–H and O–H groups in total. The summed E-state index contributed by atoms with van der Waals surface area (Å²) >= 11 is 0. The summed E-state index contributed by atoms with van der Waals surface area (Å²) in [6.45, 7) is 2.15. The Morgan fingerprint density at radius 2 is 1.74 bits per heavy atom. The largest absolute Gasteiger partial charge is 0.463 e. The maximum atomic E-state index is 12.8. The molecule has 0 aromatic heterocycles. The Morgan fingerprint density at radius 1 is 1.21 bits per heavy atom. The molecule has 4 nitrogen and oxygen atoms in total. The lowest BCUT2D eigenvalue weighted by Gasteiger charge is -2.30. The van der Waals surface area contributed by atoms with Gasteiger partial charge in [0.05, 0.1) is 13.2 Å². The van der Waals surface area contributed by atoms with E-state index in [-0.39, 0.29) is 13.1 Å². The van der Waals surface area contributed by atoms with Crippen LogP contribution < -0.4 is 0 Å². The minimum absolute atomic E-state index is 0.190. The third-order valence-corrected chi connectivity index (χ3v) is 2.83. The summed E-state index contributed by atoms with van der Waals surface area (Å²) in [7, 11) is 0.933. The topological polar surface area (TPSA) is 32.8 Å². The molecule has 112 valence electrons. The summed E-state index contributed by atoms with van der Waals surface area (Å²) in [5.74, 6) is -7.57. The number of morpholine rings is 1. The van der Waals surface area contributed by atoms with Crippen LogP contribution in [0.15, 0.2) is 0 Å². The molecule has 9 heteroatoms. The number of hydrogen-bond acceptors (Lipinski definition) is 3. The van der Waals surface area contributed by atoms with Gasteiger partial charge in [-0.3, -0.25) is 9.69 Å². The van der Waals surface area contributed by atoms with E-state index < -0.39 is 18.0 Å². The van der Waals surface area contributed by atoms with Gasteiger partial charge in [0.15, 0.2) is 0 Å². The van der Waals surface area contributed by atoms with Gasteiger partial charge in [-0.2, -0.15) is 22.0 Å². The summed E-state index contributed by atoms with van der Waals surface area (Å²) in [4.78, 5) is 13.3. The highest BCUT2D eigenvalue weighted by Crippen LogP contribution is 2.36. The molecule has 0 aromatic rings. The van der Waals surface area contributed by atoms with Gasteiger partial charge in [0.1, 0.15) is 0 Å². The van der Waals surface area contributed by atoms with E-state index in [2.05, 4.69) is 0 Å². The van der Waals surface area contributed by atoms with E-state index in [1.165, 1.54) is 0 Å². The molecular weight excluding hydrogens is 275 g/mol. The predicted octanol–water partition coefficient (Wildman–Crippen LogP) is 0.975. The lowest BCUT2D eigenvalue weighted by molar-refractivity contribution is -0.274. The van der Waals surface area contributed by atoms with Crippen LogP contribution in [0.3, 0.4) is 0 Å². The molecule has 1 aliphatic rings. The lowest BCUT2D eigenvalue weighted by Crippen LogP contribution is -2.52. The molecule has 1 fully saturated rings. The first-order valence-electron chi connectivity index (χ1n) is 5.66. The number of nitrogens with zero attached hydrogens (tertiary/aromatic N) is 2. The summed E-state index contributed by atoms with van der Waals surface area (Å²) in [6.07, 6.45) is -5.86. The zero-order valence-corrected chi connectivity index (χ0v) is 10.3. The molecule has 0 saturated carbocycles. The Morgan fingerprint density at radius 3 is 2.21 bits per heavy atom. The average Bonchev–Trinajstić information content (AvgIpc) is 2.34. The number of carbonyl (C=O) groups is 1. The van der Waals surface area contributed by atoms with Crippen LogP contribution in [-0.2, 0) is 9.53 Å². The number of likely N-dealkylation sites (N-methyl/N-ethyl adjacent to an activating group) is 1. The first kappa shape index (κ1) is 16.1. The molecule has 0 unspecified atom stereocenters. The first-order chi connectivity index (χ1) is 8.66. The highest BCUT2D eigenvalue weighted by atomic mass is 19.4. The zero-order valence-electron chi connectivity index (χ0n) is 10.3. The number of alkyl halides is 5. The van der Waals surface area contributed by atoms with E-state index in [1.807, 2.05) is 4.90 Å². The highest BCUT2D eigenvalue weighted by molar-refractivity contribution is 5.84. The molecule has 0 aromatic carbocycles. The van der Waals surface area contributed by atoms with Crippen molar-refractivity contribution in [1.82, 2.24) is 9.80 Å². The Balaban J connectivity index is 2.48. The van der Waals surface area contributed by atoms with Crippen molar-refractivity contribution >= 4 is 5.91 Å². The number of rotatable bonds is 4. The normalized spacial score (nSPS) is 18.4. The molecule has 0 aliphatic carbocycles. The van der Waals surface area contributed by atoms with Crippen molar-refractivity contribution in [3.63, 3.8) is 0 Å². The minimum Gasteiger partial charge on any atom is -0.379 e. The van der Waals surface area contributed by atoms with Crippen molar-refractivity contribution in [1.29, 1.82) is 0 Å². The van der Waals surface area contributed by atoms with E-state index in [4.69, 9.17) is 4.74 Å². The van der Waals surface area contributed by atoms with Gasteiger partial charge in [0.25, 0.3) is 0 Å². The second-order valence-corrected chi connectivity index (χ2v) is 4.25. The van der Waals surface area contributed by atoms with Crippen molar-refractivity contribution in [3.05, 3.63) is 0 Å². The quantitative estimate of drug-likeness (QED) is 0.723. The summed E-state index contributed by atoms with van der Waals surface area (Å²) in [6, 6.07) is 0. The Hall–Kier alpha value is -0.960. The van der Waals surface area contributed by atoms with Gasteiger partial charge < -0.3 is 9.64 Å². The van der Waals surface area contributed by atoms with E-state index in [9.17, 15) is 26.7 Å². The van der Waals surface area contributed by atoms with Gasteiger partial charge in [-0.25, -0.2) is 0 Å². The monoisotopic (exact) mass is 290 g/mol. The molecule has 1 amide bonds. The molecule has 1 rings (SSSR count). The maximum Gasteiger partial charge on any atom is 0.463 e. The van der Waals surface area contributed by atoms with Crippen LogP contribution in [0, 0.1) is 0 Å². The van der Waals surface area contributed by atoms with Crippen LogP contribution >= 0.6 is 0 Å². The van der Waals surface area contributed by atoms with Gasteiger partial charge in [0, 0.05) is 33.2 Å². The smallest absolute Gasteiger partial charge is 0.379 e. The van der Waals surface area contributed by atoms with Crippen LogP contribution in [0.2, 0.25) is 0 Å². The van der Waals surface area contributed by atoms with Crippen LogP contribution in [0.1, 0.15) is 0 Å². The standard InChI is InChI=1S/C10H15F5N2O2/c1-16(2-3-17-4-6-19-7-5-17)8(18)9(11,12)10(13,14)15/h2-7H2,1H3. The number of hydrogen-bond donors (Lipinski definition) is 0. The van der Waals surface area contributed by atoms with Crippen molar-refractivity contribution in [3.8, 4) is 0 Å². The molecule has 0 spiro atoms. The Labute approximate surface area is 107 Å². The van der Waals surface area contributed by atoms with E-state index in [0.29, 0.717) is 31.2 Å². The van der Waals surface area contributed by atoms with Crippen LogP contribution in [0.25, 0.3) is 0 Å². The Bertz CT molecular complexity index is 316. The predicted molar refractivity (Wildman–Crippen MR) is 55.9 cm³/mol. The van der Waals surface area contributed by atoms with Gasteiger partial charge in [-0.05, 0) is 0 Å². The molecule has 0 bridgehead atoms. The van der Waals surface area contributed by atoms with E-state index in [1.54, 1.807) is 0 Å². The molecule has 1 saturated heterocycles. The van der Waals surface area contributed by atoms with Gasteiger partial charge >= 0.3 is 18.0 Å². The zero-order chi connectivity index (χ0) is 14.7. The van der Waals surface area contributed by atoms with Gasteiger partial charge in [-0.1, -0.05) is 0 Å². The van der Waals surface area contributed by atoms with Crippen molar-refractivity contribution < 1.29 is 31.5 Å². The Kier molecular flexibility index (Phi) is 5.08. The number of amides is 1. The molecule has 1 aliphatic heterocycles. The second kappa shape index (κ2) is 6.00. The summed E-state index contributed by atoms with van der Waals surface area (Å²) < 4.78 is 66.7. The highest BCUT2D eigenvalue weighted by Gasteiger charge is 2.64. The summed E-state index contributed by atoms with van der Waals surface area (Å²) in [5.41, 5.74) is 0. The molecule has 1 heterocycles. The molecule has 0 atom stereocenters. The molecule has 19 heavy (non-hydrogen) atoms. The van der Waals surface area contributed by atoms with Crippen LogP contribution in [0.4, 0.5) is 22.0 Å². The first-order valence-corrected chi connectivity index (χ1v) is 5.66. The number of halogens is 5. The van der Waals surface area contributed by atoms with Crippen molar-refractivity contribution in [2.45, 2.75) is 12.1 Å². The fraction of sp³-hybridized carbons (Fsp3) is 0.900.